The lowest BCUT2D eigenvalue weighted by Crippen LogP contribution is -2.33. The maximum absolute atomic E-state index is 5.43. The molecule has 2 heteroatoms. The second kappa shape index (κ2) is 4.46. The zero-order valence-corrected chi connectivity index (χ0v) is 10.3. The van der Waals surface area contributed by atoms with E-state index in [1.165, 1.54) is 22.4 Å². The van der Waals surface area contributed by atoms with Gasteiger partial charge in [-0.1, -0.05) is 24.3 Å². The van der Waals surface area contributed by atoms with E-state index < -0.39 is 0 Å². The maximum atomic E-state index is 5.43. The van der Waals surface area contributed by atoms with Gasteiger partial charge in [0.2, 0.25) is 0 Å². The van der Waals surface area contributed by atoms with Crippen LogP contribution in [0.15, 0.2) is 30.3 Å². The summed E-state index contributed by atoms with van der Waals surface area (Å²) in [5.74, 6) is 0. The van der Waals surface area contributed by atoms with Crippen molar-refractivity contribution in [3.8, 4) is 0 Å². The van der Waals surface area contributed by atoms with Crippen molar-refractivity contribution in [2.45, 2.75) is 13.3 Å². The molecule has 1 heterocycles. The summed E-state index contributed by atoms with van der Waals surface area (Å²) in [5.41, 5.74) is 5.78. The number of rotatable bonds is 0. The molecular formula is C15H18NO+. The van der Waals surface area contributed by atoms with Crippen LogP contribution < -0.4 is 0 Å². The highest BCUT2D eigenvalue weighted by Crippen LogP contribution is 2.32. The van der Waals surface area contributed by atoms with Crippen molar-refractivity contribution in [1.29, 1.82) is 0 Å². The van der Waals surface area contributed by atoms with Gasteiger partial charge in [-0.2, -0.15) is 0 Å². The highest BCUT2D eigenvalue weighted by atomic mass is 16.5. The van der Waals surface area contributed by atoms with Crippen molar-refractivity contribution in [2.75, 3.05) is 26.3 Å². The first-order chi connectivity index (χ1) is 8.40. The van der Waals surface area contributed by atoms with Crippen LogP contribution in [-0.4, -0.2) is 36.6 Å². The van der Waals surface area contributed by atoms with E-state index >= 15 is 0 Å². The third-order valence-electron chi connectivity index (χ3n) is 3.68. The molecule has 0 saturated carbocycles. The molecule has 0 atom stereocenters. The van der Waals surface area contributed by atoms with E-state index in [0.29, 0.717) is 0 Å². The van der Waals surface area contributed by atoms with Crippen molar-refractivity contribution in [3.05, 3.63) is 41.5 Å². The van der Waals surface area contributed by atoms with E-state index in [1.807, 2.05) is 0 Å². The van der Waals surface area contributed by atoms with Crippen LogP contribution in [-0.2, 0) is 4.74 Å². The smallest absolute Gasteiger partial charge is 0.188 e. The van der Waals surface area contributed by atoms with Crippen molar-refractivity contribution in [3.63, 3.8) is 0 Å². The first-order valence-corrected chi connectivity index (χ1v) is 6.33. The fourth-order valence-electron chi connectivity index (χ4n) is 2.76. The number of ether oxygens (including phenoxy) is 1. The molecular weight excluding hydrogens is 210 g/mol. The molecule has 0 N–H and O–H groups in total. The van der Waals surface area contributed by atoms with Crippen LogP contribution in [0.5, 0.6) is 0 Å². The van der Waals surface area contributed by atoms with Gasteiger partial charge < -0.3 is 4.74 Å². The summed E-state index contributed by atoms with van der Waals surface area (Å²) in [7, 11) is 0. The number of nitrogens with zero attached hydrogens (tertiary/aromatic N) is 1. The Labute approximate surface area is 102 Å². The van der Waals surface area contributed by atoms with E-state index in [1.54, 1.807) is 0 Å². The second-order valence-electron chi connectivity index (χ2n) is 4.58. The molecule has 0 aromatic heterocycles. The van der Waals surface area contributed by atoms with Crippen molar-refractivity contribution >= 4 is 11.3 Å². The van der Waals surface area contributed by atoms with Gasteiger partial charge in [-0.15, -0.1) is 0 Å². The average Bonchev–Trinajstić information content (AvgIpc) is 2.78. The van der Waals surface area contributed by atoms with Crippen LogP contribution >= 0.6 is 0 Å². The SMILES string of the molecule is C/C=C1\CC(=[N+]2CCOCC2)c2ccccc21. The highest BCUT2D eigenvalue weighted by molar-refractivity contribution is 6.12. The number of hydrogen-bond donors (Lipinski definition) is 0. The minimum atomic E-state index is 0.858. The predicted octanol–water partition coefficient (Wildman–Crippen LogP) is 2.33. The van der Waals surface area contributed by atoms with Gasteiger partial charge in [0, 0.05) is 5.56 Å². The quantitative estimate of drug-likeness (QED) is 0.621. The molecule has 2 nitrogen and oxygen atoms in total. The van der Waals surface area contributed by atoms with Crippen LogP contribution in [0, 0.1) is 0 Å². The molecule has 3 rings (SSSR count). The molecule has 0 amide bonds. The van der Waals surface area contributed by atoms with Gasteiger partial charge in [-0.3, -0.25) is 0 Å². The Hall–Kier alpha value is -1.41. The number of hydrogen-bond acceptors (Lipinski definition) is 1. The number of fused-ring (bicyclic) bond motifs is 1. The van der Waals surface area contributed by atoms with Crippen molar-refractivity contribution in [2.24, 2.45) is 0 Å². The highest BCUT2D eigenvalue weighted by Gasteiger charge is 2.29. The Bertz CT molecular complexity index is 491. The summed E-state index contributed by atoms with van der Waals surface area (Å²) in [6.07, 6.45) is 3.32. The zero-order chi connectivity index (χ0) is 11.7. The topological polar surface area (TPSA) is 12.2 Å². The molecule has 17 heavy (non-hydrogen) atoms. The Morgan fingerprint density at radius 2 is 1.82 bits per heavy atom. The fourth-order valence-corrected chi connectivity index (χ4v) is 2.76. The minimum Gasteiger partial charge on any atom is -0.368 e. The average molecular weight is 228 g/mol. The van der Waals surface area contributed by atoms with Gasteiger partial charge in [0.15, 0.2) is 18.8 Å². The molecule has 1 aliphatic carbocycles. The first kappa shape index (κ1) is 10.7. The molecule has 1 fully saturated rings. The van der Waals surface area contributed by atoms with Gasteiger partial charge in [0.25, 0.3) is 0 Å². The molecule has 0 unspecified atom stereocenters. The minimum absolute atomic E-state index is 0.858. The molecule has 0 spiro atoms. The number of benzene rings is 1. The van der Waals surface area contributed by atoms with Gasteiger partial charge in [-0.05, 0) is 24.1 Å². The number of allylic oxidation sites excluding steroid dienone is 2. The standard InChI is InChI=1S/C15H18NO/c1-2-12-11-15(16-7-9-17-10-8-16)14-6-4-3-5-13(12)14/h2-6H,7-11H2,1H3/q+1/b12-2+. The molecule has 88 valence electrons. The van der Waals surface area contributed by atoms with E-state index in [4.69, 9.17) is 4.74 Å². The third-order valence-corrected chi connectivity index (χ3v) is 3.68. The summed E-state index contributed by atoms with van der Waals surface area (Å²) in [6, 6.07) is 8.75. The lowest BCUT2D eigenvalue weighted by Gasteiger charge is -2.13. The van der Waals surface area contributed by atoms with Crippen LogP contribution in [0.3, 0.4) is 0 Å². The van der Waals surface area contributed by atoms with Crippen molar-refractivity contribution in [1.82, 2.24) is 0 Å². The van der Waals surface area contributed by atoms with E-state index in [9.17, 15) is 0 Å². The van der Waals surface area contributed by atoms with E-state index in [0.717, 1.165) is 32.7 Å². The first-order valence-electron chi connectivity index (χ1n) is 6.33. The summed E-state index contributed by atoms with van der Waals surface area (Å²) < 4.78 is 7.92. The van der Waals surface area contributed by atoms with Crippen LogP contribution in [0.1, 0.15) is 24.5 Å². The lowest BCUT2D eigenvalue weighted by atomic mass is 10.1. The van der Waals surface area contributed by atoms with Crippen LogP contribution in [0.25, 0.3) is 5.57 Å². The van der Waals surface area contributed by atoms with Gasteiger partial charge in [-0.25, -0.2) is 4.58 Å². The molecule has 1 aromatic carbocycles. The normalized spacial score (nSPS) is 22.1. The Kier molecular flexibility index (Phi) is 2.81. The van der Waals surface area contributed by atoms with Crippen LogP contribution in [0.2, 0.25) is 0 Å². The van der Waals surface area contributed by atoms with Gasteiger partial charge in [0.1, 0.15) is 13.2 Å². The summed E-state index contributed by atoms with van der Waals surface area (Å²) >= 11 is 0. The Morgan fingerprint density at radius 3 is 2.53 bits per heavy atom. The summed E-state index contributed by atoms with van der Waals surface area (Å²) in [4.78, 5) is 0. The summed E-state index contributed by atoms with van der Waals surface area (Å²) in [6.45, 7) is 5.91. The molecule has 2 aliphatic rings. The lowest BCUT2D eigenvalue weighted by molar-refractivity contribution is -0.549. The van der Waals surface area contributed by atoms with E-state index in [-0.39, 0.29) is 0 Å². The van der Waals surface area contributed by atoms with E-state index in [2.05, 4.69) is 41.8 Å². The monoisotopic (exact) mass is 228 g/mol. The maximum Gasteiger partial charge on any atom is 0.188 e. The fraction of sp³-hybridized carbons (Fsp3) is 0.400. The Balaban J connectivity index is 2.10. The van der Waals surface area contributed by atoms with Crippen LogP contribution in [0.4, 0.5) is 0 Å². The Morgan fingerprint density at radius 1 is 1.12 bits per heavy atom. The zero-order valence-electron chi connectivity index (χ0n) is 10.3. The van der Waals surface area contributed by atoms with Gasteiger partial charge in [0.05, 0.1) is 6.42 Å². The third kappa shape index (κ3) is 1.83. The summed E-state index contributed by atoms with van der Waals surface area (Å²) in [5, 5.41) is 0. The molecule has 1 aromatic rings. The molecule has 0 bridgehead atoms. The largest absolute Gasteiger partial charge is 0.368 e. The van der Waals surface area contributed by atoms with Gasteiger partial charge >= 0.3 is 0 Å². The predicted molar refractivity (Wildman–Crippen MR) is 69.6 cm³/mol. The molecule has 1 aliphatic heterocycles. The number of morpholine rings is 1. The molecule has 0 radical (unpaired) electrons. The van der Waals surface area contributed by atoms with Crippen molar-refractivity contribution < 1.29 is 9.31 Å². The molecule has 1 saturated heterocycles. The second-order valence-corrected chi connectivity index (χ2v) is 4.58.